The molecule has 0 fully saturated rings. The van der Waals surface area contributed by atoms with Crippen LogP contribution in [0.15, 0.2) is 61.4 Å². The fraction of sp³-hybridized carbons (Fsp3) is 0.143. The van der Waals surface area contributed by atoms with Crippen LogP contribution in [0.4, 0.5) is 0 Å². The summed E-state index contributed by atoms with van der Waals surface area (Å²) in [5.74, 6) is 0. The Hall–Kier alpha value is -2.76. The molecule has 3 heterocycles. The van der Waals surface area contributed by atoms with E-state index in [0.29, 0.717) is 0 Å². The van der Waals surface area contributed by atoms with Crippen LogP contribution in [0.25, 0.3) is 0 Å². The number of rotatable bonds is 0. The summed E-state index contributed by atoms with van der Waals surface area (Å²) < 4.78 is 0. The van der Waals surface area contributed by atoms with E-state index in [1.807, 2.05) is 38.1 Å². The van der Waals surface area contributed by atoms with Crippen molar-refractivity contribution in [2.45, 2.75) is 13.8 Å². The maximum atomic E-state index is 3.63. The van der Waals surface area contributed by atoms with E-state index in [0.717, 1.165) is 11.1 Å². The molecule has 102 valence electrons. The second-order valence-electron chi connectivity index (χ2n) is 3.75. The van der Waals surface area contributed by atoms with Gasteiger partial charge >= 0.3 is 0 Å². The first kappa shape index (κ1) is 15.3. The summed E-state index contributed by atoms with van der Waals surface area (Å²) in [6.45, 7) is 3.96. The first-order chi connectivity index (χ1) is 9.79. The molecular formula is C14H16N6. The first-order valence-corrected chi connectivity index (χ1v) is 5.97. The lowest BCUT2D eigenvalue weighted by atomic mass is 10.4. The molecule has 0 radical (unpaired) electrons. The van der Waals surface area contributed by atoms with Gasteiger partial charge in [0, 0.05) is 24.8 Å². The zero-order chi connectivity index (χ0) is 14.5. The van der Waals surface area contributed by atoms with Crippen LogP contribution in [0.2, 0.25) is 0 Å². The molecule has 6 nitrogen and oxygen atoms in total. The minimum absolute atomic E-state index is 1.15. The molecule has 0 amide bonds. The van der Waals surface area contributed by atoms with Crippen molar-refractivity contribution in [3.63, 3.8) is 0 Å². The van der Waals surface area contributed by atoms with Gasteiger partial charge in [0.15, 0.2) is 0 Å². The minimum atomic E-state index is 1.15. The van der Waals surface area contributed by atoms with Crippen molar-refractivity contribution < 1.29 is 0 Å². The highest BCUT2D eigenvalue weighted by molar-refractivity contribution is 5.01. The van der Waals surface area contributed by atoms with Gasteiger partial charge in [0.05, 0.1) is 12.4 Å². The van der Waals surface area contributed by atoms with Crippen molar-refractivity contribution in [3.05, 3.63) is 72.6 Å². The highest BCUT2D eigenvalue weighted by atomic mass is 15.1. The lowest BCUT2D eigenvalue weighted by Gasteiger charge is -1.80. The van der Waals surface area contributed by atoms with Gasteiger partial charge in [-0.15, -0.1) is 0 Å². The summed E-state index contributed by atoms with van der Waals surface area (Å²) in [7, 11) is 0. The molecule has 0 atom stereocenters. The molecule has 0 spiro atoms. The third kappa shape index (κ3) is 8.35. The molecule has 3 aromatic rings. The van der Waals surface area contributed by atoms with E-state index in [1.165, 1.54) is 0 Å². The van der Waals surface area contributed by atoms with Gasteiger partial charge in [-0.05, 0) is 49.2 Å². The molecule has 0 aliphatic heterocycles. The van der Waals surface area contributed by atoms with Crippen molar-refractivity contribution >= 4 is 0 Å². The summed E-state index contributed by atoms with van der Waals surface area (Å²) >= 11 is 0. The third-order valence-corrected chi connectivity index (χ3v) is 1.95. The van der Waals surface area contributed by atoms with E-state index in [-0.39, 0.29) is 0 Å². The van der Waals surface area contributed by atoms with Crippen LogP contribution in [-0.4, -0.2) is 30.6 Å². The standard InChI is InChI=1S/2C5H6N2.C4H4N2/c2*1-5-2-3-6-7-4-5;1-2-4-6-5-3-1/h2*2-4H,1H3;1-4H. The predicted octanol–water partition coefficient (Wildman–Crippen LogP) is 2.05. The zero-order valence-corrected chi connectivity index (χ0v) is 11.5. The van der Waals surface area contributed by atoms with Gasteiger partial charge in [-0.25, -0.2) is 0 Å². The van der Waals surface area contributed by atoms with E-state index in [2.05, 4.69) is 30.6 Å². The summed E-state index contributed by atoms with van der Waals surface area (Å²) in [4.78, 5) is 0. The summed E-state index contributed by atoms with van der Waals surface area (Å²) in [6.07, 6.45) is 10.1. The molecule has 6 heteroatoms. The second-order valence-corrected chi connectivity index (χ2v) is 3.75. The van der Waals surface area contributed by atoms with E-state index in [1.54, 1.807) is 37.2 Å². The molecule has 0 bridgehead atoms. The quantitative estimate of drug-likeness (QED) is 0.621. The maximum absolute atomic E-state index is 3.63. The molecule has 20 heavy (non-hydrogen) atoms. The molecule has 0 saturated carbocycles. The van der Waals surface area contributed by atoms with E-state index in [9.17, 15) is 0 Å². The molecule has 0 saturated heterocycles. The highest BCUT2D eigenvalue weighted by Crippen LogP contribution is 1.86. The molecule has 0 aliphatic rings. The van der Waals surface area contributed by atoms with Crippen LogP contribution in [0, 0.1) is 13.8 Å². The Kier molecular flexibility index (Phi) is 7.79. The predicted molar refractivity (Wildman–Crippen MR) is 75.6 cm³/mol. The van der Waals surface area contributed by atoms with Crippen LogP contribution >= 0.6 is 0 Å². The number of aromatic nitrogens is 6. The Balaban J connectivity index is 0.000000151. The average Bonchev–Trinajstić information content (AvgIpc) is 2.52. The Bertz CT molecular complexity index is 480. The Morgan fingerprint density at radius 3 is 1.10 bits per heavy atom. The maximum Gasteiger partial charge on any atom is 0.0525 e. The number of hydrogen-bond acceptors (Lipinski definition) is 6. The zero-order valence-electron chi connectivity index (χ0n) is 11.5. The average molecular weight is 268 g/mol. The van der Waals surface area contributed by atoms with E-state index < -0.39 is 0 Å². The molecule has 0 unspecified atom stereocenters. The van der Waals surface area contributed by atoms with Gasteiger partial charge in [0.2, 0.25) is 0 Å². The molecule has 0 aromatic carbocycles. The van der Waals surface area contributed by atoms with Gasteiger partial charge in [0.25, 0.3) is 0 Å². The molecule has 0 N–H and O–H groups in total. The Morgan fingerprint density at radius 1 is 0.550 bits per heavy atom. The largest absolute Gasteiger partial charge is 0.159 e. The normalized spacial score (nSPS) is 8.50. The SMILES string of the molecule is Cc1ccnnc1.Cc1ccnnc1.c1ccnnc1. The van der Waals surface area contributed by atoms with Gasteiger partial charge < -0.3 is 0 Å². The van der Waals surface area contributed by atoms with E-state index >= 15 is 0 Å². The van der Waals surface area contributed by atoms with Gasteiger partial charge in [-0.1, -0.05) is 0 Å². The fourth-order valence-corrected chi connectivity index (χ4v) is 0.967. The highest BCUT2D eigenvalue weighted by Gasteiger charge is 1.75. The van der Waals surface area contributed by atoms with Crippen LogP contribution in [0.5, 0.6) is 0 Å². The van der Waals surface area contributed by atoms with Crippen LogP contribution in [-0.2, 0) is 0 Å². The molecule has 3 rings (SSSR count). The van der Waals surface area contributed by atoms with Gasteiger partial charge in [0.1, 0.15) is 0 Å². The van der Waals surface area contributed by atoms with Crippen molar-refractivity contribution in [2.75, 3.05) is 0 Å². The van der Waals surface area contributed by atoms with Crippen molar-refractivity contribution in [1.82, 2.24) is 30.6 Å². The summed E-state index contributed by atoms with van der Waals surface area (Å²) in [5, 5.41) is 21.5. The van der Waals surface area contributed by atoms with Gasteiger partial charge in [-0.2, -0.15) is 30.6 Å². The smallest absolute Gasteiger partial charge is 0.0525 e. The Labute approximate surface area is 118 Å². The monoisotopic (exact) mass is 268 g/mol. The van der Waals surface area contributed by atoms with Gasteiger partial charge in [-0.3, -0.25) is 0 Å². The number of nitrogens with zero attached hydrogens (tertiary/aromatic N) is 6. The summed E-state index contributed by atoms with van der Waals surface area (Å²) in [6, 6.07) is 7.47. The fourth-order valence-electron chi connectivity index (χ4n) is 0.967. The van der Waals surface area contributed by atoms with Crippen molar-refractivity contribution in [1.29, 1.82) is 0 Å². The van der Waals surface area contributed by atoms with Crippen LogP contribution in [0.1, 0.15) is 11.1 Å². The molecule has 3 aromatic heterocycles. The lowest BCUT2D eigenvalue weighted by Crippen LogP contribution is -1.76. The van der Waals surface area contributed by atoms with Crippen molar-refractivity contribution in [3.8, 4) is 0 Å². The third-order valence-electron chi connectivity index (χ3n) is 1.95. The summed E-state index contributed by atoms with van der Waals surface area (Å²) in [5.41, 5.74) is 2.30. The van der Waals surface area contributed by atoms with Crippen LogP contribution in [0.3, 0.4) is 0 Å². The number of aryl methyl sites for hydroxylation is 2. The minimum Gasteiger partial charge on any atom is -0.159 e. The first-order valence-electron chi connectivity index (χ1n) is 5.97. The topological polar surface area (TPSA) is 77.3 Å². The second kappa shape index (κ2) is 10.2. The van der Waals surface area contributed by atoms with E-state index in [4.69, 9.17) is 0 Å². The van der Waals surface area contributed by atoms with Crippen LogP contribution < -0.4 is 0 Å². The molecular weight excluding hydrogens is 252 g/mol. The lowest BCUT2D eigenvalue weighted by molar-refractivity contribution is 1.01. The number of hydrogen-bond donors (Lipinski definition) is 0. The van der Waals surface area contributed by atoms with Crippen molar-refractivity contribution in [2.24, 2.45) is 0 Å². The molecule has 0 aliphatic carbocycles. The Morgan fingerprint density at radius 2 is 0.950 bits per heavy atom.